The molecular formula is C41H50N2O11. The summed E-state index contributed by atoms with van der Waals surface area (Å²) in [5.74, 6) is -2.15. The zero-order valence-corrected chi connectivity index (χ0v) is 32.3. The molecule has 2 fully saturated rings. The van der Waals surface area contributed by atoms with Crippen LogP contribution in [0.4, 0.5) is 0 Å². The number of nitrogens with zero attached hydrogens (tertiary/aromatic N) is 2. The highest BCUT2D eigenvalue weighted by atomic mass is 16.6. The maximum absolute atomic E-state index is 15.1. The van der Waals surface area contributed by atoms with Crippen LogP contribution in [0.15, 0.2) is 33.5 Å². The van der Waals surface area contributed by atoms with Crippen molar-refractivity contribution in [2.75, 3.05) is 28.2 Å². The molecule has 2 aromatic carbocycles. The number of rotatable bonds is 7. The monoisotopic (exact) mass is 746 g/mol. The first-order valence-corrected chi connectivity index (χ1v) is 18.5. The Labute approximate surface area is 313 Å². The van der Waals surface area contributed by atoms with Gasteiger partial charge in [-0.2, -0.15) is 0 Å². The highest BCUT2D eigenvalue weighted by Gasteiger charge is 2.49. The number of carbonyl (C=O) groups is 2. The lowest BCUT2D eigenvalue weighted by Crippen LogP contribution is -2.59. The molecule has 3 aliphatic heterocycles. The fourth-order valence-corrected chi connectivity index (χ4v) is 8.50. The summed E-state index contributed by atoms with van der Waals surface area (Å²) in [5.41, 5.74) is -1.11. The SMILES string of the molecule is Cc1cc2c(c3oc(C(C)C(O)[C@@H]4O[C@H]4C)cc(=O)c13)C(=O)c1c(O)c([C@H]3C[C@](C)(N(C)C)[C@H](O)[C@H](C)O3)cc(C3=C[C@@H](N(C)C)[C@H](O)[C@@H](C)O3)c1C2=O. The summed E-state index contributed by atoms with van der Waals surface area (Å²) < 4.78 is 24.4. The van der Waals surface area contributed by atoms with Gasteiger partial charge < -0.3 is 48.9 Å². The predicted molar refractivity (Wildman–Crippen MR) is 199 cm³/mol. The molecule has 13 nitrogen and oxygen atoms in total. The number of carbonyl (C=O) groups excluding carboxylic acids is 2. The van der Waals surface area contributed by atoms with Gasteiger partial charge in [0.05, 0.1) is 53.1 Å². The molecule has 2 unspecified atom stereocenters. The largest absolute Gasteiger partial charge is 0.507 e. The Morgan fingerprint density at radius 2 is 1.56 bits per heavy atom. The molecular weight excluding hydrogens is 696 g/mol. The second-order valence-electron chi connectivity index (χ2n) is 16.2. The predicted octanol–water partition coefficient (Wildman–Crippen LogP) is 3.42. The van der Waals surface area contributed by atoms with Crippen LogP contribution in [0, 0.1) is 6.92 Å². The van der Waals surface area contributed by atoms with Crippen LogP contribution in [-0.4, -0.2) is 124 Å². The van der Waals surface area contributed by atoms with E-state index in [1.807, 2.05) is 37.7 Å². The molecule has 0 spiro atoms. The number of aryl methyl sites for hydroxylation is 1. The van der Waals surface area contributed by atoms with E-state index in [2.05, 4.69) is 0 Å². The van der Waals surface area contributed by atoms with Gasteiger partial charge in [-0.1, -0.05) is 6.92 Å². The Bertz CT molecular complexity index is 2160. The molecule has 11 atom stereocenters. The van der Waals surface area contributed by atoms with Crippen molar-refractivity contribution in [3.63, 3.8) is 0 Å². The molecule has 13 heteroatoms. The number of phenolic OH excluding ortho intramolecular Hbond substituents is 1. The third kappa shape index (κ3) is 5.83. The topological polar surface area (TPSA) is 183 Å². The Morgan fingerprint density at radius 1 is 0.889 bits per heavy atom. The molecule has 54 heavy (non-hydrogen) atoms. The first kappa shape index (κ1) is 38.3. The van der Waals surface area contributed by atoms with Gasteiger partial charge >= 0.3 is 0 Å². The van der Waals surface area contributed by atoms with E-state index in [9.17, 15) is 30.0 Å². The van der Waals surface area contributed by atoms with Gasteiger partial charge in [0.15, 0.2) is 11.2 Å². The minimum atomic E-state index is -0.992. The van der Waals surface area contributed by atoms with Gasteiger partial charge in [-0.15, -0.1) is 0 Å². The van der Waals surface area contributed by atoms with Crippen molar-refractivity contribution in [1.82, 2.24) is 9.80 Å². The number of aromatic hydroxyl groups is 1. The molecule has 4 N–H and O–H groups in total. The van der Waals surface area contributed by atoms with Crippen molar-refractivity contribution < 1.29 is 48.6 Å². The van der Waals surface area contributed by atoms with E-state index in [-0.39, 0.29) is 68.4 Å². The summed E-state index contributed by atoms with van der Waals surface area (Å²) in [6, 6.07) is 3.87. The Balaban J connectivity index is 1.48. The quantitative estimate of drug-likeness (QED) is 0.202. The van der Waals surface area contributed by atoms with E-state index in [4.69, 9.17) is 18.6 Å². The molecule has 1 aliphatic carbocycles. The number of fused-ring (bicyclic) bond motifs is 4. The van der Waals surface area contributed by atoms with Crippen LogP contribution in [0.1, 0.15) is 107 Å². The van der Waals surface area contributed by atoms with Crippen LogP contribution in [-0.2, 0) is 14.2 Å². The number of epoxide rings is 1. The van der Waals surface area contributed by atoms with Crippen molar-refractivity contribution in [3.05, 3.63) is 79.2 Å². The molecule has 290 valence electrons. The summed E-state index contributed by atoms with van der Waals surface area (Å²) >= 11 is 0. The lowest BCUT2D eigenvalue weighted by atomic mass is 9.75. The van der Waals surface area contributed by atoms with E-state index in [1.165, 1.54) is 12.1 Å². The summed E-state index contributed by atoms with van der Waals surface area (Å²) in [6.45, 7) is 10.5. The lowest BCUT2D eigenvalue weighted by Gasteiger charge is -2.49. The minimum Gasteiger partial charge on any atom is -0.507 e. The number of aliphatic hydroxyl groups is 3. The number of aliphatic hydroxyl groups excluding tert-OH is 3. The number of ether oxygens (including phenoxy) is 3. The van der Waals surface area contributed by atoms with Gasteiger partial charge in [0.1, 0.15) is 41.2 Å². The van der Waals surface area contributed by atoms with E-state index in [1.54, 1.807) is 53.9 Å². The van der Waals surface area contributed by atoms with Gasteiger partial charge in [0, 0.05) is 39.8 Å². The molecule has 2 saturated heterocycles. The average Bonchev–Trinajstić information content (AvgIpc) is 3.85. The highest BCUT2D eigenvalue weighted by molar-refractivity contribution is 6.33. The number of hydrogen-bond donors (Lipinski definition) is 4. The zero-order valence-electron chi connectivity index (χ0n) is 32.3. The summed E-state index contributed by atoms with van der Waals surface area (Å²) in [7, 11) is 7.30. The number of likely N-dealkylation sites (N-methyl/N-ethyl adjacent to an activating group) is 2. The van der Waals surface area contributed by atoms with E-state index in [0.717, 1.165) is 0 Å². The van der Waals surface area contributed by atoms with Crippen molar-refractivity contribution in [2.45, 2.75) is 114 Å². The fraction of sp³-hybridized carbons (Fsp3) is 0.537. The van der Waals surface area contributed by atoms with E-state index in [0.29, 0.717) is 5.56 Å². The molecule has 0 amide bonds. The summed E-state index contributed by atoms with van der Waals surface area (Å²) in [4.78, 5) is 47.4. The first-order chi connectivity index (χ1) is 25.3. The highest BCUT2D eigenvalue weighted by Crippen LogP contribution is 2.49. The number of ketones is 2. The molecule has 3 aromatic rings. The molecule has 0 bridgehead atoms. The zero-order chi connectivity index (χ0) is 39.5. The summed E-state index contributed by atoms with van der Waals surface area (Å²) in [6.07, 6.45) is -3.68. The van der Waals surface area contributed by atoms with Crippen molar-refractivity contribution in [1.29, 1.82) is 0 Å². The molecule has 7 rings (SSSR count). The smallest absolute Gasteiger partial charge is 0.202 e. The Hall–Kier alpha value is -3.95. The van der Waals surface area contributed by atoms with Crippen molar-refractivity contribution in [3.8, 4) is 5.75 Å². The van der Waals surface area contributed by atoms with Crippen LogP contribution in [0.2, 0.25) is 0 Å². The number of benzene rings is 2. The van der Waals surface area contributed by atoms with Crippen molar-refractivity contribution >= 4 is 28.3 Å². The third-order valence-corrected chi connectivity index (χ3v) is 12.3. The second kappa shape index (κ2) is 13.4. The number of hydrogen-bond acceptors (Lipinski definition) is 13. The minimum absolute atomic E-state index is 0.0157. The molecule has 1 aromatic heterocycles. The number of phenols is 1. The summed E-state index contributed by atoms with van der Waals surface area (Å²) in [5, 5.41) is 45.6. The van der Waals surface area contributed by atoms with Crippen molar-refractivity contribution in [2.24, 2.45) is 0 Å². The van der Waals surface area contributed by atoms with E-state index < -0.39 is 83.0 Å². The normalized spacial score (nSPS) is 31.9. The van der Waals surface area contributed by atoms with Gasteiger partial charge in [-0.25, -0.2) is 0 Å². The van der Waals surface area contributed by atoms with Crippen LogP contribution < -0.4 is 5.43 Å². The van der Waals surface area contributed by atoms with Crippen LogP contribution in [0.5, 0.6) is 5.75 Å². The molecule has 4 heterocycles. The first-order valence-electron chi connectivity index (χ1n) is 18.5. The second-order valence-corrected chi connectivity index (χ2v) is 16.2. The lowest BCUT2D eigenvalue weighted by molar-refractivity contribution is -0.176. The van der Waals surface area contributed by atoms with Gasteiger partial charge in [0.25, 0.3) is 0 Å². The molecule has 0 saturated carbocycles. The van der Waals surface area contributed by atoms with Gasteiger partial charge in [-0.05, 0) is 93.0 Å². The standard InChI is InChI=1S/C41H50N2O11/c1-16-11-23-31(39-29(16)25(44)14-26(54-39)17(2)33(45)38-19(4)53-38)37(49)32-30(36(23)48)21(27-13-24(42(7)8)34(46)18(3)51-27)12-22(35(32)47)28-15-41(6,43(9)10)40(50)20(5)52-28/h11-14,17-20,24,28,33-34,38,40,45-47,50H,15H2,1-10H3/t17?,18-,19+,20+,24-,28-,33?,34-,38-,40-,41+/m1/s1. The maximum Gasteiger partial charge on any atom is 0.202 e. The van der Waals surface area contributed by atoms with Crippen LogP contribution in [0.25, 0.3) is 16.7 Å². The third-order valence-electron chi connectivity index (χ3n) is 12.3. The van der Waals surface area contributed by atoms with Gasteiger partial charge in [-0.3, -0.25) is 14.4 Å². The van der Waals surface area contributed by atoms with E-state index >= 15 is 4.79 Å². The van der Waals surface area contributed by atoms with Gasteiger partial charge in [0.2, 0.25) is 5.78 Å². The maximum atomic E-state index is 15.1. The van der Waals surface area contributed by atoms with Crippen LogP contribution in [0.3, 0.4) is 0 Å². The van der Waals surface area contributed by atoms with Crippen LogP contribution >= 0.6 is 0 Å². The molecule has 4 aliphatic rings. The Kier molecular flexibility index (Phi) is 9.49. The average molecular weight is 747 g/mol. The fourth-order valence-electron chi connectivity index (χ4n) is 8.50. The molecule has 0 radical (unpaired) electrons. The Morgan fingerprint density at radius 3 is 2.17 bits per heavy atom.